The van der Waals surface area contributed by atoms with Crippen LogP contribution in [-0.4, -0.2) is 67.3 Å². The molecule has 0 radical (unpaired) electrons. The zero-order valence-corrected chi connectivity index (χ0v) is 14.4. The Bertz CT molecular complexity index is 596. The van der Waals surface area contributed by atoms with Crippen molar-refractivity contribution in [2.24, 2.45) is 0 Å². The van der Waals surface area contributed by atoms with Crippen LogP contribution in [0.4, 0.5) is 17.6 Å². The first-order valence-corrected chi connectivity index (χ1v) is 7.48. The van der Waals surface area contributed by atoms with Crippen molar-refractivity contribution in [3.05, 3.63) is 0 Å². The van der Waals surface area contributed by atoms with Crippen molar-refractivity contribution >= 4 is 23.8 Å². The van der Waals surface area contributed by atoms with Crippen molar-refractivity contribution in [2.75, 3.05) is 6.61 Å². The normalized spacial score (nSPS) is 28.0. The van der Waals surface area contributed by atoms with Gasteiger partial charge in [0.25, 0.3) is 0 Å². The predicted octanol–water partition coefficient (Wildman–Crippen LogP) is 0.154. The maximum absolute atomic E-state index is 14.3. The number of halogens is 4. The van der Waals surface area contributed by atoms with Crippen molar-refractivity contribution in [1.82, 2.24) is 5.32 Å². The van der Waals surface area contributed by atoms with E-state index >= 15 is 0 Å². The fourth-order valence-electron chi connectivity index (χ4n) is 2.28. The second kappa shape index (κ2) is 8.97. The molecule has 1 amide bonds. The number of carbonyl (C=O) groups is 4. The van der Waals surface area contributed by atoms with Crippen LogP contribution in [0, 0.1) is 0 Å². The summed E-state index contributed by atoms with van der Waals surface area (Å²) in [6.45, 7) is 2.17. The molecule has 0 saturated carbocycles. The lowest BCUT2D eigenvalue weighted by Crippen LogP contribution is -2.66. The highest BCUT2D eigenvalue weighted by atomic mass is 19.4. The molecule has 154 valence electrons. The van der Waals surface area contributed by atoms with Crippen LogP contribution in [-0.2, 0) is 38.1 Å². The van der Waals surface area contributed by atoms with Gasteiger partial charge in [-0.2, -0.15) is 13.2 Å². The average Bonchev–Trinajstić information content (AvgIpc) is 2.49. The third kappa shape index (κ3) is 6.66. The summed E-state index contributed by atoms with van der Waals surface area (Å²) in [5.41, 5.74) is 0. The number of amides is 1. The fraction of sp³-hybridized carbons (Fsp3) is 0.714. The molecular formula is C14H17F4NO8. The number of rotatable bonds is 5. The Labute approximate surface area is 150 Å². The fourth-order valence-corrected chi connectivity index (χ4v) is 2.28. The summed E-state index contributed by atoms with van der Waals surface area (Å²) in [6, 6.07) is -2.14. The van der Waals surface area contributed by atoms with E-state index in [4.69, 9.17) is 14.2 Å². The van der Waals surface area contributed by atoms with Gasteiger partial charge in [-0.3, -0.25) is 19.2 Å². The van der Waals surface area contributed by atoms with Crippen LogP contribution >= 0.6 is 0 Å². The van der Waals surface area contributed by atoms with Crippen LogP contribution in [0.3, 0.4) is 0 Å². The van der Waals surface area contributed by atoms with E-state index < -0.39 is 67.3 Å². The van der Waals surface area contributed by atoms with Crippen molar-refractivity contribution in [3.63, 3.8) is 0 Å². The van der Waals surface area contributed by atoms with Gasteiger partial charge in [0, 0.05) is 20.8 Å². The number of ether oxygens (including phenoxy) is 4. The molecular weight excluding hydrogens is 386 g/mol. The Morgan fingerprint density at radius 2 is 1.48 bits per heavy atom. The van der Waals surface area contributed by atoms with Gasteiger partial charge < -0.3 is 24.3 Å². The molecule has 0 aromatic rings. The van der Waals surface area contributed by atoms with Crippen molar-refractivity contribution in [3.8, 4) is 0 Å². The summed E-state index contributed by atoms with van der Waals surface area (Å²) in [5.74, 6) is -5.33. The summed E-state index contributed by atoms with van der Waals surface area (Å²) >= 11 is 0. The van der Waals surface area contributed by atoms with Crippen molar-refractivity contribution in [2.45, 2.75) is 57.7 Å². The second-order valence-corrected chi connectivity index (χ2v) is 5.47. The van der Waals surface area contributed by atoms with E-state index in [1.54, 1.807) is 0 Å². The molecule has 0 unspecified atom stereocenters. The number of hydrogen-bond acceptors (Lipinski definition) is 8. The minimum absolute atomic E-state index is 0.647. The van der Waals surface area contributed by atoms with Gasteiger partial charge in [0.15, 0.2) is 12.2 Å². The average molecular weight is 403 g/mol. The molecule has 1 heterocycles. The van der Waals surface area contributed by atoms with E-state index in [-0.39, 0.29) is 0 Å². The molecule has 0 aromatic carbocycles. The summed E-state index contributed by atoms with van der Waals surface area (Å²) < 4.78 is 70.8. The predicted molar refractivity (Wildman–Crippen MR) is 75.5 cm³/mol. The monoisotopic (exact) mass is 403 g/mol. The molecule has 1 aliphatic rings. The van der Waals surface area contributed by atoms with Crippen LogP contribution in [0.15, 0.2) is 0 Å². The topological polar surface area (TPSA) is 117 Å². The van der Waals surface area contributed by atoms with Gasteiger partial charge in [-0.05, 0) is 0 Å². The van der Waals surface area contributed by atoms with Crippen LogP contribution in [0.2, 0.25) is 0 Å². The molecule has 13 heteroatoms. The Morgan fingerprint density at radius 3 is 1.93 bits per heavy atom. The van der Waals surface area contributed by atoms with E-state index in [1.807, 2.05) is 0 Å². The first kappa shape index (κ1) is 22.6. The highest BCUT2D eigenvalue weighted by Crippen LogP contribution is 2.28. The van der Waals surface area contributed by atoms with Crippen LogP contribution in [0.1, 0.15) is 20.8 Å². The maximum Gasteiger partial charge on any atom is 0.471 e. The Balaban J connectivity index is 3.18. The van der Waals surface area contributed by atoms with Crippen molar-refractivity contribution in [1.29, 1.82) is 0 Å². The van der Waals surface area contributed by atoms with Gasteiger partial charge in [0.05, 0.1) is 0 Å². The Hall–Kier alpha value is -2.44. The Morgan fingerprint density at radius 1 is 0.963 bits per heavy atom. The van der Waals surface area contributed by atoms with Gasteiger partial charge in [0.1, 0.15) is 18.8 Å². The molecule has 5 atom stereocenters. The lowest BCUT2D eigenvalue weighted by molar-refractivity contribution is -0.247. The minimum atomic E-state index is -5.36. The van der Waals surface area contributed by atoms with Crippen LogP contribution in [0.5, 0.6) is 0 Å². The summed E-state index contributed by atoms with van der Waals surface area (Å²) in [5, 5.41) is 1.31. The molecule has 1 N–H and O–H groups in total. The SMILES string of the molecule is CC(=O)OC[C@@H]1O[C@H](F)[C@H](NC(=O)C(F)(F)F)[C@@H](OC(C)=O)[C@@H]1OC(C)=O. The number of hydrogen-bond donors (Lipinski definition) is 1. The summed E-state index contributed by atoms with van der Waals surface area (Å²) in [7, 11) is 0. The number of esters is 3. The molecule has 0 aromatic heterocycles. The second-order valence-electron chi connectivity index (χ2n) is 5.47. The molecule has 1 rings (SSSR count). The highest BCUT2D eigenvalue weighted by Gasteiger charge is 2.53. The number of nitrogens with one attached hydrogen (secondary N) is 1. The van der Waals surface area contributed by atoms with Gasteiger partial charge in [-0.15, -0.1) is 0 Å². The molecule has 0 spiro atoms. The summed E-state index contributed by atoms with van der Waals surface area (Å²) in [4.78, 5) is 44.7. The molecule has 1 fully saturated rings. The van der Waals surface area contributed by atoms with E-state index in [1.165, 1.54) is 5.32 Å². The molecule has 27 heavy (non-hydrogen) atoms. The number of alkyl halides is 4. The molecule has 0 aliphatic carbocycles. The van der Waals surface area contributed by atoms with E-state index in [9.17, 15) is 36.7 Å². The first-order valence-electron chi connectivity index (χ1n) is 7.48. The third-order valence-corrected chi connectivity index (χ3v) is 3.24. The van der Waals surface area contributed by atoms with Crippen LogP contribution in [0.25, 0.3) is 0 Å². The smallest absolute Gasteiger partial charge is 0.463 e. The first-order chi connectivity index (χ1) is 12.3. The number of carbonyl (C=O) groups excluding carboxylic acids is 4. The van der Waals surface area contributed by atoms with Gasteiger partial charge in [-0.1, -0.05) is 0 Å². The molecule has 1 saturated heterocycles. The maximum atomic E-state index is 14.3. The lowest BCUT2D eigenvalue weighted by atomic mass is 9.96. The van der Waals surface area contributed by atoms with Gasteiger partial charge >= 0.3 is 30.0 Å². The molecule has 9 nitrogen and oxygen atoms in total. The largest absolute Gasteiger partial charge is 0.471 e. The standard InChI is InChI=1S/C14H17F4NO8/c1-5(20)24-4-8-10(25-6(2)21)11(26-7(3)22)9(12(15)27-8)19-13(23)14(16,17)18/h8-12H,4H2,1-3H3,(H,19,23)/t8-,9+,10+,11+,12-/m0/s1. The van der Waals surface area contributed by atoms with E-state index in [0.717, 1.165) is 20.8 Å². The zero-order valence-electron chi connectivity index (χ0n) is 14.4. The summed E-state index contributed by atoms with van der Waals surface area (Å²) in [6.07, 6.45) is -13.0. The van der Waals surface area contributed by atoms with Gasteiger partial charge in [0.2, 0.25) is 6.36 Å². The Kier molecular flexibility index (Phi) is 7.51. The van der Waals surface area contributed by atoms with E-state index in [2.05, 4.69) is 4.74 Å². The minimum Gasteiger partial charge on any atom is -0.463 e. The molecule has 1 aliphatic heterocycles. The molecule has 0 bridgehead atoms. The van der Waals surface area contributed by atoms with Crippen LogP contribution < -0.4 is 5.32 Å². The third-order valence-electron chi connectivity index (χ3n) is 3.24. The highest BCUT2D eigenvalue weighted by molar-refractivity contribution is 5.82. The lowest BCUT2D eigenvalue weighted by Gasteiger charge is -2.42. The van der Waals surface area contributed by atoms with Crippen molar-refractivity contribution < 1.29 is 55.7 Å². The zero-order chi connectivity index (χ0) is 20.9. The quantitative estimate of drug-likeness (QED) is 0.392. The van der Waals surface area contributed by atoms with E-state index in [0.29, 0.717) is 0 Å². The van der Waals surface area contributed by atoms with Gasteiger partial charge in [-0.25, -0.2) is 4.39 Å².